The Morgan fingerprint density at radius 2 is 1.71 bits per heavy atom. The average molecular weight is 180 g/mol. The summed E-state index contributed by atoms with van der Waals surface area (Å²) >= 11 is 0. The highest BCUT2D eigenvalue weighted by Crippen LogP contribution is 2.45. The second kappa shape index (κ2) is 2.71. The maximum atomic E-state index is 4.00. The highest BCUT2D eigenvalue weighted by atomic mass is 14.3. The van der Waals surface area contributed by atoms with Crippen molar-refractivity contribution in [2.45, 2.75) is 12.3 Å². The lowest BCUT2D eigenvalue weighted by atomic mass is 10.0. The molecule has 3 rings (SSSR count). The molecule has 0 aliphatic heterocycles. The number of rotatable bonds is 1. The van der Waals surface area contributed by atoms with Gasteiger partial charge in [-0.15, -0.1) is 0 Å². The van der Waals surface area contributed by atoms with E-state index in [0.29, 0.717) is 5.92 Å². The molecule has 0 radical (unpaired) electrons. The Hall–Kier alpha value is -1.56. The van der Waals surface area contributed by atoms with Crippen molar-refractivity contribution in [2.24, 2.45) is 0 Å². The van der Waals surface area contributed by atoms with Gasteiger partial charge in [-0.2, -0.15) is 0 Å². The fraction of sp³-hybridized carbons (Fsp3) is 0.143. The molecule has 1 atom stereocenters. The van der Waals surface area contributed by atoms with Gasteiger partial charge < -0.3 is 0 Å². The molecule has 0 heteroatoms. The smallest absolute Gasteiger partial charge is 0.00833 e. The molecule has 0 N–H and O–H groups in total. The molecule has 1 unspecified atom stereocenters. The molecule has 1 aliphatic rings. The van der Waals surface area contributed by atoms with Crippen molar-refractivity contribution >= 4 is 10.8 Å². The highest BCUT2D eigenvalue weighted by molar-refractivity contribution is 5.83. The predicted molar refractivity (Wildman–Crippen MR) is 60.4 cm³/mol. The van der Waals surface area contributed by atoms with E-state index in [9.17, 15) is 0 Å². The van der Waals surface area contributed by atoms with Gasteiger partial charge in [-0.25, -0.2) is 0 Å². The van der Waals surface area contributed by atoms with Crippen LogP contribution in [0.5, 0.6) is 0 Å². The number of hydrogen-bond donors (Lipinski definition) is 0. The fourth-order valence-corrected chi connectivity index (χ4v) is 1.98. The van der Waals surface area contributed by atoms with E-state index in [1.165, 1.54) is 28.3 Å². The summed E-state index contributed by atoms with van der Waals surface area (Å²) in [6.07, 6.45) is 1.18. The Morgan fingerprint density at radius 3 is 2.43 bits per heavy atom. The second-order valence-electron chi connectivity index (χ2n) is 4.02. The second-order valence-corrected chi connectivity index (χ2v) is 4.02. The summed E-state index contributed by atoms with van der Waals surface area (Å²) in [7, 11) is 0. The number of benzene rings is 2. The normalized spacial score (nSPS) is 20.0. The van der Waals surface area contributed by atoms with E-state index in [-0.39, 0.29) is 0 Å². The molecule has 14 heavy (non-hydrogen) atoms. The molecule has 0 spiro atoms. The van der Waals surface area contributed by atoms with E-state index in [1.807, 2.05) is 0 Å². The zero-order valence-electron chi connectivity index (χ0n) is 8.03. The average Bonchev–Trinajstić information content (AvgIpc) is 2.95. The number of allylic oxidation sites excluding steroid dienone is 1. The summed E-state index contributed by atoms with van der Waals surface area (Å²) in [5.74, 6) is 0.639. The largest absolute Gasteiger partial charge is 0.0992 e. The predicted octanol–water partition coefficient (Wildman–Crippen LogP) is 3.88. The van der Waals surface area contributed by atoms with Crippen LogP contribution in [-0.4, -0.2) is 0 Å². The van der Waals surface area contributed by atoms with Crippen LogP contribution in [0.2, 0.25) is 0 Å². The van der Waals surface area contributed by atoms with E-state index >= 15 is 0 Å². The van der Waals surface area contributed by atoms with Gasteiger partial charge in [0.1, 0.15) is 0 Å². The van der Waals surface area contributed by atoms with Gasteiger partial charge in [0.05, 0.1) is 0 Å². The van der Waals surface area contributed by atoms with Gasteiger partial charge in [-0.05, 0) is 22.8 Å². The number of fused-ring (bicyclic) bond motifs is 1. The van der Waals surface area contributed by atoms with Crippen LogP contribution < -0.4 is 0 Å². The van der Waals surface area contributed by atoms with Crippen molar-refractivity contribution in [3.8, 4) is 0 Å². The zero-order valence-corrected chi connectivity index (χ0v) is 8.03. The lowest BCUT2D eigenvalue weighted by Gasteiger charge is -2.00. The van der Waals surface area contributed by atoms with Gasteiger partial charge >= 0.3 is 0 Å². The van der Waals surface area contributed by atoms with Crippen LogP contribution in [0.25, 0.3) is 10.8 Å². The molecule has 2 aromatic carbocycles. The molecule has 68 valence electrons. The first-order valence-electron chi connectivity index (χ1n) is 5.01. The minimum absolute atomic E-state index is 0.639. The fourth-order valence-electron chi connectivity index (χ4n) is 1.98. The summed E-state index contributed by atoms with van der Waals surface area (Å²) in [5.41, 5.74) is 2.80. The van der Waals surface area contributed by atoms with Crippen molar-refractivity contribution in [1.29, 1.82) is 0 Å². The van der Waals surface area contributed by atoms with Crippen molar-refractivity contribution in [1.82, 2.24) is 0 Å². The third-order valence-electron chi connectivity index (χ3n) is 2.97. The van der Waals surface area contributed by atoms with Crippen LogP contribution in [0, 0.1) is 0 Å². The molecule has 0 aromatic heterocycles. The maximum absolute atomic E-state index is 4.00. The SMILES string of the molecule is C=C1CC1c1ccc2ccccc2c1. The monoisotopic (exact) mass is 180 g/mol. The molecule has 0 bridgehead atoms. The van der Waals surface area contributed by atoms with E-state index in [0.717, 1.165) is 0 Å². The van der Waals surface area contributed by atoms with Crippen molar-refractivity contribution in [3.63, 3.8) is 0 Å². The lowest BCUT2D eigenvalue weighted by Crippen LogP contribution is -1.79. The molecule has 1 aliphatic carbocycles. The van der Waals surface area contributed by atoms with Crippen LogP contribution in [-0.2, 0) is 0 Å². The van der Waals surface area contributed by atoms with E-state index in [4.69, 9.17) is 0 Å². The van der Waals surface area contributed by atoms with E-state index in [1.54, 1.807) is 0 Å². The zero-order chi connectivity index (χ0) is 9.54. The summed E-state index contributed by atoms with van der Waals surface area (Å²) in [6.45, 7) is 4.00. The lowest BCUT2D eigenvalue weighted by molar-refractivity contribution is 1.17. The Bertz CT molecular complexity index is 508. The molecule has 1 saturated carbocycles. The van der Waals surface area contributed by atoms with Crippen LogP contribution in [0.4, 0.5) is 0 Å². The minimum Gasteiger partial charge on any atom is -0.0992 e. The summed E-state index contributed by atoms with van der Waals surface area (Å²) < 4.78 is 0. The van der Waals surface area contributed by atoms with Crippen LogP contribution >= 0.6 is 0 Å². The number of hydrogen-bond acceptors (Lipinski definition) is 0. The Morgan fingerprint density at radius 1 is 1.00 bits per heavy atom. The van der Waals surface area contributed by atoms with Crippen molar-refractivity contribution < 1.29 is 0 Å². The molecule has 1 fully saturated rings. The molecule has 0 saturated heterocycles. The van der Waals surface area contributed by atoms with Crippen LogP contribution in [0.3, 0.4) is 0 Å². The molecule has 0 amide bonds. The van der Waals surface area contributed by atoms with Gasteiger partial charge in [0.15, 0.2) is 0 Å². The third-order valence-corrected chi connectivity index (χ3v) is 2.97. The minimum atomic E-state index is 0.639. The molecule has 2 aromatic rings. The molecular formula is C14H12. The first kappa shape index (κ1) is 7.81. The van der Waals surface area contributed by atoms with Gasteiger partial charge in [0, 0.05) is 5.92 Å². The Labute approximate surface area is 83.9 Å². The summed E-state index contributed by atoms with van der Waals surface area (Å²) in [5, 5.41) is 2.66. The first-order chi connectivity index (χ1) is 6.84. The molecular weight excluding hydrogens is 168 g/mol. The molecule has 0 heterocycles. The summed E-state index contributed by atoms with van der Waals surface area (Å²) in [6, 6.07) is 15.2. The van der Waals surface area contributed by atoms with Gasteiger partial charge in [0.25, 0.3) is 0 Å². The Kier molecular flexibility index (Phi) is 1.51. The molecule has 0 nitrogen and oxygen atoms in total. The quantitative estimate of drug-likeness (QED) is 0.584. The maximum Gasteiger partial charge on any atom is 0.00833 e. The van der Waals surface area contributed by atoms with Crippen molar-refractivity contribution in [2.75, 3.05) is 0 Å². The summed E-state index contributed by atoms with van der Waals surface area (Å²) in [4.78, 5) is 0. The third kappa shape index (κ3) is 1.15. The highest BCUT2D eigenvalue weighted by Gasteiger charge is 2.28. The van der Waals surface area contributed by atoms with E-state index < -0.39 is 0 Å². The topological polar surface area (TPSA) is 0 Å². The van der Waals surface area contributed by atoms with E-state index in [2.05, 4.69) is 49.0 Å². The van der Waals surface area contributed by atoms with Gasteiger partial charge in [0.2, 0.25) is 0 Å². The van der Waals surface area contributed by atoms with Crippen LogP contribution in [0.1, 0.15) is 17.9 Å². The first-order valence-corrected chi connectivity index (χ1v) is 5.01. The van der Waals surface area contributed by atoms with Crippen molar-refractivity contribution in [3.05, 3.63) is 60.2 Å². The Balaban J connectivity index is 2.16. The van der Waals surface area contributed by atoms with Crippen LogP contribution in [0.15, 0.2) is 54.6 Å². The van der Waals surface area contributed by atoms with Gasteiger partial charge in [-0.3, -0.25) is 0 Å². The van der Waals surface area contributed by atoms with Gasteiger partial charge in [-0.1, -0.05) is 54.6 Å². The standard InChI is InChI=1S/C14H12/c1-10-8-14(10)13-7-6-11-4-2-3-5-12(11)9-13/h2-7,9,14H,1,8H2.